The number of nitriles is 2. The molecule has 6 heteroatoms. The Bertz CT molecular complexity index is 1050. The molecule has 1 atom stereocenters. The number of anilines is 2. The molecule has 2 aromatic rings. The monoisotopic (exact) mass is 341 g/mol. The molecule has 0 fully saturated rings. The van der Waals surface area contributed by atoms with E-state index in [-0.39, 0.29) is 0 Å². The number of allylic oxidation sites excluding steroid dienone is 2. The van der Waals surface area contributed by atoms with Crippen LogP contribution in [-0.4, -0.2) is 7.11 Å². The van der Waals surface area contributed by atoms with Gasteiger partial charge in [0.15, 0.2) is 0 Å². The van der Waals surface area contributed by atoms with E-state index in [0.29, 0.717) is 28.5 Å². The van der Waals surface area contributed by atoms with Gasteiger partial charge in [-0.05, 0) is 29.8 Å². The van der Waals surface area contributed by atoms with Crippen LogP contribution < -0.4 is 20.7 Å². The molecule has 6 nitrogen and oxygen atoms in total. The molecule has 0 aromatic heterocycles. The quantitative estimate of drug-likeness (QED) is 0.871. The van der Waals surface area contributed by atoms with E-state index in [1.807, 2.05) is 48.5 Å². The van der Waals surface area contributed by atoms with Crippen molar-refractivity contribution >= 4 is 11.4 Å². The molecule has 0 radical (unpaired) electrons. The fourth-order valence-corrected chi connectivity index (χ4v) is 3.46. The predicted molar refractivity (Wildman–Crippen MR) is 97.7 cm³/mol. The number of nitrogens with two attached hydrogens (primary N) is 1. The van der Waals surface area contributed by atoms with Crippen molar-refractivity contribution in [3.63, 3.8) is 0 Å². The maximum atomic E-state index is 9.90. The van der Waals surface area contributed by atoms with Crippen LogP contribution in [0.1, 0.15) is 11.5 Å². The van der Waals surface area contributed by atoms with E-state index in [2.05, 4.69) is 17.5 Å². The summed E-state index contributed by atoms with van der Waals surface area (Å²) < 4.78 is 5.29. The van der Waals surface area contributed by atoms with Gasteiger partial charge in [0.25, 0.3) is 0 Å². The number of methoxy groups -OCH3 is 1. The van der Waals surface area contributed by atoms with Crippen LogP contribution in [0.2, 0.25) is 0 Å². The molecular weight excluding hydrogens is 326 g/mol. The molecule has 3 N–H and O–H groups in total. The van der Waals surface area contributed by atoms with Crippen LogP contribution in [-0.2, 0) is 0 Å². The maximum Gasteiger partial charge on any atom is 0.131 e. The smallest absolute Gasteiger partial charge is 0.131 e. The van der Waals surface area contributed by atoms with Gasteiger partial charge in [-0.15, -0.1) is 0 Å². The van der Waals surface area contributed by atoms with Gasteiger partial charge < -0.3 is 15.8 Å². The minimum atomic E-state index is -0.548. The number of para-hydroxylation sites is 2. The first-order chi connectivity index (χ1) is 12.7. The number of nitrogens with one attached hydrogen (secondary N) is 1. The zero-order valence-electron chi connectivity index (χ0n) is 14.0. The standard InChI is InChI=1S/C20H15N5O/c1-26-13-6-4-5-12(9-13)18-14(10-21)19(23)25-17-8-3-2-7-16(17)24-20(25)15(18)11-22/h2-9,18,24H,23H2,1H3. The van der Waals surface area contributed by atoms with E-state index >= 15 is 0 Å². The molecule has 4 rings (SSSR count). The molecule has 0 bridgehead atoms. The molecule has 2 aliphatic rings. The Labute approximate surface area is 151 Å². The van der Waals surface area contributed by atoms with Crippen molar-refractivity contribution in [2.75, 3.05) is 17.3 Å². The second-order valence-corrected chi connectivity index (χ2v) is 5.97. The van der Waals surface area contributed by atoms with Gasteiger partial charge in [0.2, 0.25) is 0 Å². The Morgan fingerprint density at radius 1 is 1.08 bits per heavy atom. The van der Waals surface area contributed by atoms with Crippen molar-refractivity contribution in [1.29, 1.82) is 10.5 Å². The van der Waals surface area contributed by atoms with Gasteiger partial charge in [0, 0.05) is 0 Å². The lowest BCUT2D eigenvalue weighted by Crippen LogP contribution is -2.34. The van der Waals surface area contributed by atoms with Crippen LogP contribution in [0, 0.1) is 22.7 Å². The molecule has 2 aromatic carbocycles. The lowest BCUT2D eigenvalue weighted by Gasteiger charge is -2.31. The number of hydrogen-bond acceptors (Lipinski definition) is 6. The lowest BCUT2D eigenvalue weighted by atomic mass is 9.83. The summed E-state index contributed by atoms with van der Waals surface area (Å²) in [6.07, 6.45) is 0. The molecular formula is C20H15N5O. The number of fused-ring (bicyclic) bond motifs is 3. The highest BCUT2D eigenvalue weighted by Crippen LogP contribution is 2.47. The van der Waals surface area contributed by atoms with E-state index < -0.39 is 5.92 Å². The normalized spacial score (nSPS) is 17.8. The van der Waals surface area contributed by atoms with E-state index in [9.17, 15) is 10.5 Å². The summed E-state index contributed by atoms with van der Waals surface area (Å²) in [4.78, 5) is 1.74. The second-order valence-electron chi connectivity index (χ2n) is 5.97. The van der Waals surface area contributed by atoms with Gasteiger partial charge in [0.1, 0.15) is 17.4 Å². The van der Waals surface area contributed by atoms with Crippen LogP contribution >= 0.6 is 0 Å². The third kappa shape index (κ3) is 2.10. The van der Waals surface area contributed by atoms with Crippen LogP contribution in [0.3, 0.4) is 0 Å². The zero-order chi connectivity index (χ0) is 18.3. The molecule has 0 amide bonds. The average Bonchev–Trinajstić information content (AvgIpc) is 3.07. The third-order valence-electron chi connectivity index (χ3n) is 4.64. The predicted octanol–water partition coefficient (Wildman–Crippen LogP) is 3.15. The Hall–Kier alpha value is -3.90. The largest absolute Gasteiger partial charge is 0.497 e. The van der Waals surface area contributed by atoms with Gasteiger partial charge in [-0.25, -0.2) is 0 Å². The lowest BCUT2D eigenvalue weighted by molar-refractivity contribution is 0.414. The van der Waals surface area contributed by atoms with Crippen LogP contribution in [0.5, 0.6) is 5.75 Å². The van der Waals surface area contributed by atoms with Crippen molar-refractivity contribution in [1.82, 2.24) is 0 Å². The first-order valence-electron chi connectivity index (χ1n) is 8.03. The molecule has 126 valence electrons. The number of nitrogens with zero attached hydrogens (tertiary/aromatic N) is 3. The fourth-order valence-electron chi connectivity index (χ4n) is 3.46. The topological polar surface area (TPSA) is 98.1 Å². The fraction of sp³-hybridized carbons (Fsp3) is 0.100. The molecule has 1 unspecified atom stereocenters. The number of hydrogen-bond donors (Lipinski definition) is 2. The van der Waals surface area contributed by atoms with Gasteiger partial charge in [0.05, 0.1) is 47.7 Å². The Morgan fingerprint density at radius 3 is 2.58 bits per heavy atom. The number of ether oxygens (including phenoxy) is 1. The number of benzene rings is 2. The minimum absolute atomic E-state index is 0.326. The Balaban J connectivity index is 1.96. The summed E-state index contributed by atoms with van der Waals surface area (Å²) in [5, 5.41) is 23.0. The highest BCUT2D eigenvalue weighted by molar-refractivity contribution is 5.86. The molecule has 0 aliphatic carbocycles. The van der Waals surface area contributed by atoms with Crippen molar-refractivity contribution in [2.24, 2.45) is 5.73 Å². The molecule has 0 spiro atoms. The third-order valence-corrected chi connectivity index (χ3v) is 4.64. The van der Waals surface area contributed by atoms with Crippen LogP contribution in [0.4, 0.5) is 11.4 Å². The van der Waals surface area contributed by atoms with Gasteiger partial charge in [-0.3, -0.25) is 4.90 Å². The summed E-state index contributed by atoms with van der Waals surface area (Å²) in [7, 11) is 1.58. The van der Waals surface area contributed by atoms with E-state index in [4.69, 9.17) is 10.5 Å². The molecule has 0 saturated heterocycles. The summed E-state index contributed by atoms with van der Waals surface area (Å²) in [6, 6.07) is 19.4. The first kappa shape index (κ1) is 15.6. The first-order valence-corrected chi connectivity index (χ1v) is 8.03. The summed E-state index contributed by atoms with van der Waals surface area (Å²) >= 11 is 0. The minimum Gasteiger partial charge on any atom is -0.497 e. The van der Waals surface area contributed by atoms with Gasteiger partial charge in [-0.2, -0.15) is 10.5 Å². The molecule has 26 heavy (non-hydrogen) atoms. The van der Waals surface area contributed by atoms with Crippen molar-refractivity contribution in [2.45, 2.75) is 5.92 Å². The summed E-state index contributed by atoms with van der Waals surface area (Å²) in [6.45, 7) is 0. The summed E-state index contributed by atoms with van der Waals surface area (Å²) in [5.74, 6) is 1.03. The average molecular weight is 341 g/mol. The van der Waals surface area contributed by atoms with E-state index in [1.54, 1.807) is 12.0 Å². The maximum absolute atomic E-state index is 9.90. The second kappa shape index (κ2) is 5.87. The molecule has 0 saturated carbocycles. The van der Waals surface area contributed by atoms with Gasteiger partial charge in [-0.1, -0.05) is 24.3 Å². The van der Waals surface area contributed by atoms with Crippen molar-refractivity contribution in [3.05, 3.63) is 76.9 Å². The van der Waals surface area contributed by atoms with E-state index in [1.165, 1.54) is 0 Å². The SMILES string of the molecule is COc1cccc(C2C(C#N)=C(N)N3C(=C2C#N)Nc2ccccc23)c1. The highest BCUT2D eigenvalue weighted by atomic mass is 16.5. The molecule has 2 heterocycles. The van der Waals surface area contributed by atoms with Gasteiger partial charge >= 0.3 is 0 Å². The summed E-state index contributed by atoms with van der Waals surface area (Å²) in [5.41, 5.74) is 9.62. The van der Waals surface area contributed by atoms with Crippen LogP contribution in [0.15, 0.2) is 71.3 Å². The number of rotatable bonds is 2. The Morgan fingerprint density at radius 2 is 1.85 bits per heavy atom. The van der Waals surface area contributed by atoms with Crippen molar-refractivity contribution < 1.29 is 4.74 Å². The van der Waals surface area contributed by atoms with Crippen LogP contribution in [0.25, 0.3) is 0 Å². The zero-order valence-corrected chi connectivity index (χ0v) is 14.0. The van der Waals surface area contributed by atoms with Crippen molar-refractivity contribution in [3.8, 4) is 17.9 Å². The molecule has 2 aliphatic heterocycles. The highest BCUT2D eigenvalue weighted by Gasteiger charge is 2.40. The van der Waals surface area contributed by atoms with E-state index in [0.717, 1.165) is 16.9 Å². The Kier molecular flexibility index (Phi) is 3.53.